The van der Waals surface area contributed by atoms with E-state index in [1.807, 2.05) is 11.8 Å². The molecular weight excluding hydrogens is 562 g/mol. The van der Waals surface area contributed by atoms with Crippen LogP contribution < -0.4 is 4.48 Å². The zero-order valence-electron chi connectivity index (χ0n) is 21.7. The number of aryl methyl sites for hydroxylation is 4. The van der Waals surface area contributed by atoms with Crippen LogP contribution in [-0.4, -0.2) is 65.3 Å². The Kier molecular flexibility index (Phi) is 7.08. The molecule has 3 aromatic heterocycles. The normalized spacial score (nSPS) is 17.4. The first-order valence-electron chi connectivity index (χ1n) is 13.3. The monoisotopic (exact) mass is 592 g/mol. The number of rotatable bonds is 6. The van der Waals surface area contributed by atoms with Crippen molar-refractivity contribution in [3.63, 3.8) is 0 Å². The molecule has 4 heterocycles. The van der Waals surface area contributed by atoms with E-state index in [0.717, 1.165) is 67.3 Å². The van der Waals surface area contributed by atoms with Crippen LogP contribution in [-0.2, 0) is 30.6 Å². The minimum atomic E-state index is -0.738. The number of nitrogens with zero attached hydrogens (tertiary/aromatic N) is 6. The molecule has 1 amide bonds. The van der Waals surface area contributed by atoms with Crippen molar-refractivity contribution in [2.24, 2.45) is 5.92 Å². The van der Waals surface area contributed by atoms with E-state index in [2.05, 4.69) is 48.9 Å². The molecular formula is C28H30AsFN6OS. The van der Waals surface area contributed by atoms with E-state index < -0.39 is 6.08 Å². The summed E-state index contributed by atoms with van der Waals surface area (Å²) in [6, 6.07) is 4.65. The summed E-state index contributed by atoms with van der Waals surface area (Å²) in [5.74, 6) is 1.39. The van der Waals surface area contributed by atoms with Gasteiger partial charge < -0.3 is 0 Å². The molecule has 0 N–H and O–H groups in total. The molecule has 6 rings (SSSR count). The zero-order valence-corrected chi connectivity index (χ0v) is 24.4. The molecule has 0 spiro atoms. The van der Waals surface area contributed by atoms with E-state index in [1.165, 1.54) is 23.1 Å². The number of hydrogen-bond donors (Lipinski definition) is 0. The first-order valence-corrected chi connectivity index (χ1v) is 15.1. The van der Waals surface area contributed by atoms with Crippen LogP contribution in [0.5, 0.6) is 0 Å². The summed E-state index contributed by atoms with van der Waals surface area (Å²) in [5.41, 5.74) is 7.37. The van der Waals surface area contributed by atoms with E-state index in [4.69, 9.17) is 9.97 Å². The number of fused-ring (bicyclic) bond motifs is 2. The van der Waals surface area contributed by atoms with Crippen LogP contribution >= 0.6 is 11.3 Å². The van der Waals surface area contributed by atoms with Crippen molar-refractivity contribution in [3.05, 3.63) is 51.8 Å². The fourth-order valence-electron chi connectivity index (χ4n) is 5.94. The van der Waals surface area contributed by atoms with Gasteiger partial charge in [-0.25, -0.2) is 0 Å². The van der Waals surface area contributed by atoms with E-state index in [0.29, 0.717) is 34.5 Å². The Morgan fingerprint density at radius 1 is 1.16 bits per heavy atom. The summed E-state index contributed by atoms with van der Waals surface area (Å²) in [5, 5.41) is 3.12. The van der Waals surface area contributed by atoms with Gasteiger partial charge >= 0.3 is 235 Å². The maximum absolute atomic E-state index is 14.4. The topological polar surface area (TPSA) is 76.8 Å². The molecule has 1 aliphatic heterocycles. The number of piperidine rings is 1. The summed E-state index contributed by atoms with van der Waals surface area (Å²) in [6.07, 6.45) is 6.23. The number of carbonyl (C=O) groups excluding carboxylic acids is 1. The second kappa shape index (κ2) is 10.5. The SMILES string of the molecule is CC(=O)N1CCCC(CCn2c(Cc3cc4c(cc3-c3nc(C)cs3)CCC4)nc3c([As])nc(F)nc32)C1. The minimum absolute atomic E-state index is 0.133. The number of likely N-dealkylation sites (tertiary alicyclic amines) is 1. The van der Waals surface area contributed by atoms with Crippen LogP contribution in [0.4, 0.5) is 4.39 Å². The third-order valence-electron chi connectivity index (χ3n) is 7.87. The molecule has 1 aliphatic carbocycles. The molecule has 0 bridgehead atoms. The van der Waals surface area contributed by atoms with E-state index >= 15 is 0 Å². The Hall–Kier alpha value is -2.64. The molecule has 1 aromatic carbocycles. The third-order valence-corrected chi connectivity index (χ3v) is 9.52. The summed E-state index contributed by atoms with van der Waals surface area (Å²) in [7, 11) is 0. The fourth-order valence-corrected chi connectivity index (χ4v) is 7.28. The first-order chi connectivity index (χ1) is 18.4. The number of benzene rings is 1. The summed E-state index contributed by atoms with van der Waals surface area (Å²) in [6.45, 7) is 5.94. The van der Waals surface area contributed by atoms with Gasteiger partial charge in [0.1, 0.15) is 0 Å². The quantitative estimate of drug-likeness (QED) is 0.251. The summed E-state index contributed by atoms with van der Waals surface area (Å²) < 4.78 is 16.9. The second-order valence-electron chi connectivity index (χ2n) is 10.5. The van der Waals surface area contributed by atoms with E-state index in [9.17, 15) is 9.18 Å². The van der Waals surface area contributed by atoms with Crippen LogP contribution in [0.1, 0.15) is 60.8 Å². The van der Waals surface area contributed by atoms with Gasteiger partial charge in [0.05, 0.1) is 0 Å². The van der Waals surface area contributed by atoms with Gasteiger partial charge in [-0.05, 0) is 0 Å². The number of imidazole rings is 1. The number of amides is 1. The Bertz CT molecular complexity index is 1530. The van der Waals surface area contributed by atoms with Crippen LogP contribution in [0, 0.1) is 18.9 Å². The number of thiazole rings is 1. The Morgan fingerprint density at radius 2 is 1.97 bits per heavy atom. The maximum atomic E-state index is 14.4. The van der Waals surface area contributed by atoms with E-state index in [1.54, 1.807) is 18.3 Å². The molecule has 1 fully saturated rings. The van der Waals surface area contributed by atoms with Crippen molar-refractivity contribution in [2.45, 2.75) is 65.3 Å². The van der Waals surface area contributed by atoms with Crippen molar-refractivity contribution in [1.82, 2.24) is 29.4 Å². The van der Waals surface area contributed by atoms with Gasteiger partial charge in [0.15, 0.2) is 0 Å². The van der Waals surface area contributed by atoms with Crippen molar-refractivity contribution >= 4 is 49.7 Å². The molecule has 4 aromatic rings. The molecule has 1 saturated heterocycles. The summed E-state index contributed by atoms with van der Waals surface area (Å²) in [4.78, 5) is 31.8. The second-order valence-corrected chi connectivity index (χ2v) is 12.3. The third kappa shape index (κ3) is 5.03. The number of halogens is 1. The van der Waals surface area contributed by atoms with Gasteiger partial charge in [0.25, 0.3) is 0 Å². The molecule has 196 valence electrons. The van der Waals surface area contributed by atoms with Gasteiger partial charge in [0, 0.05) is 0 Å². The average molecular weight is 593 g/mol. The van der Waals surface area contributed by atoms with Crippen molar-refractivity contribution < 1.29 is 9.18 Å². The zero-order chi connectivity index (χ0) is 26.4. The first kappa shape index (κ1) is 25.6. The number of carbonyl (C=O) groups is 1. The predicted octanol–water partition coefficient (Wildman–Crippen LogP) is 3.92. The van der Waals surface area contributed by atoms with Crippen LogP contribution in [0.25, 0.3) is 21.7 Å². The molecule has 1 atom stereocenters. The standard InChI is InChI=1S/C28H30AsFN6OS/c1-16-15-38-27(31-16)22-12-20-7-3-6-19(20)11-21(22)13-23-32-24-25(29)33-28(30)34-26(24)36(23)10-8-18-5-4-9-35(14-18)17(2)37/h11-12,15,18H,3-10,13-14H2,1-2H3. The Morgan fingerprint density at radius 3 is 2.74 bits per heavy atom. The molecule has 0 saturated carbocycles. The number of hydrogen-bond acceptors (Lipinski definition) is 6. The predicted molar refractivity (Wildman–Crippen MR) is 147 cm³/mol. The Balaban J connectivity index is 1.38. The molecule has 2 radical (unpaired) electrons. The van der Waals surface area contributed by atoms with Crippen molar-refractivity contribution in [3.8, 4) is 10.6 Å². The van der Waals surface area contributed by atoms with Crippen molar-refractivity contribution in [1.29, 1.82) is 0 Å². The molecule has 7 nitrogen and oxygen atoms in total. The van der Waals surface area contributed by atoms with Crippen LogP contribution in [0.3, 0.4) is 0 Å². The Labute approximate surface area is 234 Å². The molecule has 10 heteroatoms. The van der Waals surface area contributed by atoms with Gasteiger partial charge in [-0.2, -0.15) is 0 Å². The molecule has 2 aliphatic rings. The summed E-state index contributed by atoms with van der Waals surface area (Å²) >= 11 is 4.00. The molecule has 1 unspecified atom stereocenters. The number of aromatic nitrogens is 5. The van der Waals surface area contributed by atoms with Crippen LogP contribution in [0.15, 0.2) is 17.5 Å². The van der Waals surface area contributed by atoms with E-state index in [-0.39, 0.29) is 5.91 Å². The van der Waals surface area contributed by atoms with Gasteiger partial charge in [-0.1, -0.05) is 0 Å². The molecule has 38 heavy (non-hydrogen) atoms. The average Bonchev–Trinajstić information content (AvgIpc) is 3.61. The fraction of sp³-hybridized carbons (Fsp3) is 0.464. The van der Waals surface area contributed by atoms with Crippen molar-refractivity contribution in [2.75, 3.05) is 13.1 Å². The van der Waals surface area contributed by atoms with Gasteiger partial charge in [-0.3, -0.25) is 0 Å². The van der Waals surface area contributed by atoms with Crippen LogP contribution in [0.2, 0.25) is 0 Å². The van der Waals surface area contributed by atoms with Gasteiger partial charge in [0.2, 0.25) is 0 Å². The van der Waals surface area contributed by atoms with Gasteiger partial charge in [-0.15, -0.1) is 0 Å².